The van der Waals surface area contributed by atoms with Crippen molar-refractivity contribution >= 4 is 5.78 Å². The van der Waals surface area contributed by atoms with Crippen LogP contribution in [0, 0.1) is 17.3 Å². The predicted molar refractivity (Wildman–Crippen MR) is 114 cm³/mol. The van der Waals surface area contributed by atoms with Crippen LogP contribution >= 0.6 is 0 Å². The molecule has 0 amide bonds. The van der Waals surface area contributed by atoms with E-state index in [0.29, 0.717) is 17.2 Å². The maximum Gasteiger partial charge on any atom is 0.174 e. The van der Waals surface area contributed by atoms with Gasteiger partial charge in [0.2, 0.25) is 0 Å². The molecule has 0 saturated heterocycles. The molecule has 7 nitrogen and oxygen atoms in total. The lowest BCUT2D eigenvalue weighted by Crippen LogP contribution is -2.59. The molecular weight excluding hydrogens is 412 g/mol. The van der Waals surface area contributed by atoms with Crippen molar-refractivity contribution in [1.82, 2.24) is 0 Å². The fraction of sp³-hybridized carbons (Fsp3) is 0.480. The molecule has 2 aliphatic carbocycles. The fourth-order valence-electron chi connectivity index (χ4n) is 7.08. The van der Waals surface area contributed by atoms with Crippen LogP contribution in [-0.4, -0.2) is 31.8 Å². The van der Waals surface area contributed by atoms with Crippen molar-refractivity contribution in [3.63, 3.8) is 0 Å². The zero-order valence-electron chi connectivity index (χ0n) is 18.2. The van der Waals surface area contributed by atoms with E-state index in [4.69, 9.17) is 9.47 Å². The number of aromatic hydroxyl groups is 4. The molecule has 2 fully saturated rings. The van der Waals surface area contributed by atoms with Gasteiger partial charge in [0, 0.05) is 35.6 Å². The Bertz CT molecular complexity index is 1200. The minimum atomic E-state index is -0.961. The second kappa shape index (κ2) is 5.82. The van der Waals surface area contributed by atoms with Crippen LogP contribution in [-0.2, 0) is 0 Å². The van der Waals surface area contributed by atoms with Gasteiger partial charge in [0.25, 0.3) is 0 Å². The zero-order chi connectivity index (χ0) is 22.7. The summed E-state index contributed by atoms with van der Waals surface area (Å²) in [5.41, 5.74) is 0.451. The normalized spacial score (nSPS) is 33.3. The van der Waals surface area contributed by atoms with Gasteiger partial charge in [0.15, 0.2) is 5.78 Å². The van der Waals surface area contributed by atoms with Crippen molar-refractivity contribution in [2.24, 2.45) is 17.3 Å². The average Bonchev–Trinajstić information content (AvgIpc) is 3.01. The molecule has 0 radical (unpaired) electrons. The summed E-state index contributed by atoms with van der Waals surface area (Å²) in [5, 5.41) is 42.2. The van der Waals surface area contributed by atoms with Crippen molar-refractivity contribution in [2.75, 3.05) is 0 Å². The Balaban J connectivity index is 1.48. The Labute approximate surface area is 185 Å². The van der Waals surface area contributed by atoms with E-state index in [1.165, 1.54) is 12.1 Å². The third kappa shape index (κ3) is 2.23. The second-order valence-electron chi connectivity index (χ2n) is 10.5. The van der Waals surface area contributed by atoms with Gasteiger partial charge < -0.3 is 29.9 Å². The summed E-state index contributed by atoms with van der Waals surface area (Å²) < 4.78 is 12.3. The predicted octanol–water partition coefficient (Wildman–Crippen LogP) is 4.52. The van der Waals surface area contributed by atoms with Crippen LogP contribution in [0.5, 0.6) is 34.5 Å². The number of ether oxygens (including phenoxy) is 2. The number of carbonyl (C=O) groups is 1. The quantitative estimate of drug-likeness (QED) is 0.517. The Morgan fingerprint density at radius 3 is 2.47 bits per heavy atom. The van der Waals surface area contributed by atoms with Crippen molar-refractivity contribution in [1.29, 1.82) is 0 Å². The highest BCUT2D eigenvalue weighted by atomic mass is 16.5. The SMILES string of the molecule is CC1(C)[C@@H]2CC[C@]3(C)Oc4cc(O)c([C@H]5CC(=O)c6c(O)cc(O)cc6O5)c(O)c4[C@H]1[C@H]23. The Morgan fingerprint density at radius 1 is 0.969 bits per heavy atom. The molecule has 0 unspecified atom stereocenters. The lowest BCUT2D eigenvalue weighted by Gasteiger charge is -2.62. The minimum absolute atomic E-state index is 0.0102. The molecule has 0 spiro atoms. The molecule has 0 aromatic heterocycles. The molecule has 4 N–H and O–H groups in total. The highest BCUT2D eigenvalue weighted by molar-refractivity contribution is 6.02. The first-order chi connectivity index (χ1) is 15.0. The first kappa shape index (κ1) is 19.6. The van der Waals surface area contributed by atoms with Crippen molar-refractivity contribution < 1.29 is 34.7 Å². The third-order valence-electron chi connectivity index (χ3n) is 8.49. The third-order valence-corrected chi connectivity index (χ3v) is 8.49. The van der Waals surface area contributed by atoms with Crippen LogP contribution in [0.3, 0.4) is 0 Å². The molecule has 2 aromatic rings. The van der Waals surface area contributed by atoms with E-state index in [-0.39, 0.29) is 69.1 Å². The number of benzene rings is 2. The van der Waals surface area contributed by atoms with Crippen molar-refractivity contribution in [2.45, 2.75) is 57.7 Å². The maximum atomic E-state index is 12.8. The number of rotatable bonds is 1. The molecule has 2 saturated carbocycles. The molecule has 2 aliphatic heterocycles. The molecule has 6 rings (SSSR count). The van der Waals surface area contributed by atoms with Gasteiger partial charge in [0.05, 0.1) is 12.0 Å². The van der Waals surface area contributed by atoms with Crippen LogP contribution in [0.25, 0.3) is 0 Å². The number of phenolic OH excluding ortho intramolecular Hbond substituents is 4. The summed E-state index contributed by atoms with van der Waals surface area (Å²) >= 11 is 0. The molecule has 4 aliphatic rings. The van der Waals surface area contributed by atoms with Gasteiger partial charge in [-0.3, -0.25) is 4.79 Å². The van der Waals surface area contributed by atoms with Crippen LogP contribution in [0.1, 0.15) is 73.5 Å². The summed E-state index contributed by atoms with van der Waals surface area (Å²) in [5.74, 6) is 0.0591. The van der Waals surface area contributed by atoms with E-state index >= 15 is 0 Å². The van der Waals surface area contributed by atoms with Crippen LogP contribution in [0.2, 0.25) is 0 Å². The number of ketones is 1. The molecule has 5 atom stereocenters. The summed E-state index contributed by atoms with van der Waals surface area (Å²) in [7, 11) is 0. The minimum Gasteiger partial charge on any atom is -0.508 e. The first-order valence-electron chi connectivity index (χ1n) is 11.1. The van der Waals surface area contributed by atoms with E-state index < -0.39 is 11.9 Å². The second-order valence-corrected chi connectivity index (χ2v) is 10.5. The van der Waals surface area contributed by atoms with Gasteiger partial charge in [-0.15, -0.1) is 0 Å². The number of hydrogen-bond acceptors (Lipinski definition) is 7. The lowest BCUT2D eigenvalue weighted by atomic mass is 9.45. The molecule has 0 bridgehead atoms. The van der Waals surface area contributed by atoms with Gasteiger partial charge in [0.1, 0.15) is 51.8 Å². The number of carbonyl (C=O) groups excluding carboxylic acids is 1. The van der Waals surface area contributed by atoms with Crippen molar-refractivity contribution in [3.05, 3.63) is 34.9 Å². The molecule has 2 aromatic carbocycles. The summed E-state index contributed by atoms with van der Waals surface area (Å²) in [6.45, 7) is 6.55. The summed E-state index contributed by atoms with van der Waals surface area (Å²) in [4.78, 5) is 12.8. The molecular formula is C25H26O7. The van der Waals surface area contributed by atoms with Crippen LogP contribution < -0.4 is 9.47 Å². The topological polar surface area (TPSA) is 116 Å². The molecule has 7 heteroatoms. The number of phenols is 4. The van der Waals surface area contributed by atoms with E-state index in [1.807, 2.05) is 0 Å². The first-order valence-corrected chi connectivity index (χ1v) is 11.1. The maximum absolute atomic E-state index is 12.8. The molecule has 2 heterocycles. The zero-order valence-corrected chi connectivity index (χ0v) is 18.2. The monoisotopic (exact) mass is 438 g/mol. The standard InChI is InChI=1S/C25H26O7/c1-24(2)11-4-5-25(3)21(11)22(24)20-17(32-25)9-14(29)19(23(20)30)16-8-13(28)18-12(27)6-10(26)7-15(18)31-16/h6-7,9,11,16,21-22,26-27,29-30H,4-5,8H2,1-3H3/t11-,16-,21+,22+,25+/m1/s1. The average molecular weight is 438 g/mol. The number of fused-ring (bicyclic) bond motifs is 3. The fourth-order valence-corrected chi connectivity index (χ4v) is 7.08. The number of Topliss-reactive ketones (excluding diaryl/α,β-unsaturated/α-hetero) is 1. The number of hydrogen-bond donors (Lipinski definition) is 4. The molecule has 168 valence electrons. The van der Waals surface area contributed by atoms with Crippen LogP contribution in [0.4, 0.5) is 0 Å². The Hall–Kier alpha value is -3.09. The summed E-state index contributed by atoms with van der Waals surface area (Å²) in [6, 6.07) is 3.86. The lowest BCUT2D eigenvalue weighted by molar-refractivity contribution is -0.121. The van der Waals surface area contributed by atoms with Gasteiger partial charge in [-0.2, -0.15) is 0 Å². The smallest absolute Gasteiger partial charge is 0.174 e. The largest absolute Gasteiger partial charge is 0.508 e. The highest BCUT2D eigenvalue weighted by Gasteiger charge is 2.69. The van der Waals surface area contributed by atoms with E-state index in [2.05, 4.69) is 20.8 Å². The van der Waals surface area contributed by atoms with Gasteiger partial charge in [-0.1, -0.05) is 13.8 Å². The molecule has 32 heavy (non-hydrogen) atoms. The van der Waals surface area contributed by atoms with Gasteiger partial charge >= 0.3 is 0 Å². The van der Waals surface area contributed by atoms with Gasteiger partial charge in [-0.25, -0.2) is 0 Å². The van der Waals surface area contributed by atoms with E-state index in [1.54, 1.807) is 0 Å². The summed E-state index contributed by atoms with van der Waals surface area (Å²) in [6.07, 6.45) is 0.888. The highest BCUT2D eigenvalue weighted by Crippen LogP contribution is 2.74. The van der Waals surface area contributed by atoms with Crippen LogP contribution in [0.15, 0.2) is 18.2 Å². The van der Waals surface area contributed by atoms with Crippen molar-refractivity contribution in [3.8, 4) is 34.5 Å². The van der Waals surface area contributed by atoms with E-state index in [0.717, 1.165) is 18.9 Å². The Morgan fingerprint density at radius 2 is 1.72 bits per heavy atom. The van der Waals surface area contributed by atoms with E-state index in [9.17, 15) is 25.2 Å². The Kier molecular flexibility index (Phi) is 3.56. The van der Waals surface area contributed by atoms with Gasteiger partial charge in [-0.05, 0) is 31.1 Å².